The fraction of sp³-hybridized carbons (Fsp3) is 0.211. The summed E-state index contributed by atoms with van der Waals surface area (Å²) in [7, 11) is 3.68. The van der Waals surface area contributed by atoms with E-state index in [0.29, 0.717) is 33.7 Å². The monoisotopic (exact) mass is 387 g/mol. The molecule has 0 saturated carbocycles. The smallest absolute Gasteiger partial charge is 0.173 e. The van der Waals surface area contributed by atoms with Crippen LogP contribution < -0.4 is 0 Å². The van der Waals surface area contributed by atoms with Crippen molar-refractivity contribution < 1.29 is 9.32 Å². The highest BCUT2D eigenvalue weighted by Gasteiger charge is 2.12. The summed E-state index contributed by atoms with van der Waals surface area (Å²) in [5.41, 5.74) is 2.45. The highest BCUT2D eigenvalue weighted by Crippen LogP contribution is 2.24. The highest BCUT2D eigenvalue weighted by molar-refractivity contribution is 7.18. The molecule has 0 aliphatic carbocycles. The summed E-state index contributed by atoms with van der Waals surface area (Å²) in [6.45, 7) is 0. The number of amidine groups is 1. The minimum absolute atomic E-state index is 0.0537. The second kappa shape index (κ2) is 7.85. The van der Waals surface area contributed by atoms with Crippen molar-refractivity contribution in [3.63, 3.8) is 0 Å². The van der Waals surface area contributed by atoms with Gasteiger partial charge in [0.05, 0.1) is 14.9 Å². The predicted molar refractivity (Wildman–Crippen MR) is 104 cm³/mol. The Balaban J connectivity index is 1.64. The van der Waals surface area contributed by atoms with Crippen LogP contribution in [0, 0.1) is 5.41 Å². The molecule has 0 fully saturated rings. The van der Waals surface area contributed by atoms with Crippen LogP contribution in [0.4, 0.5) is 0 Å². The van der Waals surface area contributed by atoms with Crippen molar-refractivity contribution in [3.8, 4) is 11.3 Å². The summed E-state index contributed by atoms with van der Waals surface area (Å²) in [5.74, 6) is 1.15. The molecule has 3 aromatic rings. The molecule has 2 aromatic heterocycles. The molecule has 2 heterocycles. The molecule has 1 aromatic carbocycles. The lowest BCUT2D eigenvalue weighted by Crippen LogP contribution is -2.21. The minimum atomic E-state index is 0.0537. The summed E-state index contributed by atoms with van der Waals surface area (Å²) in [4.78, 5) is 14.5. The van der Waals surface area contributed by atoms with Crippen LogP contribution in [0.25, 0.3) is 11.3 Å². The standard InChI is InChI=1S/C19H18ClN3O2S/c1-23(2)19(21)13-5-3-12(4-6-13)16-11-14(22-25-16)7-8-15(24)17-9-10-18(20)26-17/h3-6,9-11,21H,7-8H2,1-2H3. The van der Waals surface area contributed by atoms with Crippen LogP contribution in [-0.2, 0) is 6.42 Å². The van der Waals surface area contributed by atoms with Crippen molar-refractivity contribution >= 4 is 34.6 Å². The maximum atomic E-state index is 12.1. The van der Waals surface area contributed by atoms with E-state index in [1.165, 1.54) is 11.3 Å². The topological polar surface area (TPSA) is 70.2 Å². The molecule has 0 atom stereocenters. The lowest BCUT2D eigenvalue weighted by molar-refractivity contribution is 0.0986. The third-order valence-corrected chi connectivity index (χ3v) is 5.18. The summed E-state index contributed by atoms with van der Waals surface area (Å²) in [5, 5.41) is 12.0. The number of halogens is 1. The van der Waals surface area contributed by atoms with Gasteiger partial charge >= 0.3 is 0 Å². The van der Waals surface area contributed by atoms with Gasteiger partial charge in [-0.3, -0.25) is 10.2 Å². The average Bonchev–Trinajstić information content (AvgIpc) is 3.28. The van der Waals surface area contributed by atoms with Crippen LogP contribution >= 0.6 is 22.9 Å². The number of aryl methyl sites for hydroxylation is 1. The molecule has 0 aliphatic heterocycles. The van der Waals surface area contributed by atoms with E-state index in [1.54, 1.807) is 17.0 Å². The number of benzene rings is 1. The molecular formula is C19H18ClN3O2S. The fourth-order valence-electron chi connectivity index (χ4n) is 2.45. The van der Waals surface area contributed by atoms with Crippen LogP contribution in [0.15, 0.2) is 47.0 Å². The molecule has 7 heteroatoms. The van der Waals surface area contributed by atoms with Crippen molar-refractivity contribution in [3.05, 3.63) is 62.9 Å². The van der Waals surface area contributed by atoms with E-state index in [0.717, 1.165) is 16.8 Å². The number of aromatic nitrogens is 1. The van der Waals surface area contributed by atoms with Gasteiger partial charge in [-0.15, -0.1) is 11.3 Å². The first-order valence-electron chi connectivity index (χ1n) is 8.05. The molecular weight excluding hydrogens is 370 g/mol. The zero-order valence-corrected chi connectivity index (χ0v) is 16.0. The first-order valence-corrected chi connectivity index (χ1v) is 9.24. The van der Waals surface area contributed by atoms with E-state index in [4.69, 9.17) is 21.5 Å². The van der Waals surface area contributed by atoms with Gasteiger partial charge in [0.25, 0.3) is 0 Å². The number of rotatable bonds is 6. The van der Waals surface area contributed by atoms with E-state index in [-0.39, 0.29) is 5.78 Å². The van der Waals surface area contributed by atoms with Gasteiger partial charge in [-0.2, -0.15) is 0 Å². The van der Waals surface area contributed by atoms with E-state index in [9.17, 15) is 4.79 Å². The Bertz CT molecular complexity index is 928. The van der Waals surface area contributed by atoms with Crippen LogP contribution in [0.1, 0.15) is 27.3 Å². The predicted octanol–water partition coefficient (Wildman–Crippen LogP) is 4.76. The maximum Gasteiger partial charge on any atom is 0.173 e. The van der Waals surface area contributed by atoms with Crippen LogP contribution in [0.3, 0.4) is 0 Å². The number of thiophene rings is 1. The molecule has 134 valence electrons. The molecule has 0 radical (unpaired) electrons. The molecule has 0 aliphatic rings. The lowest BCUT2D eigenvalue weighted by atomic mass is 10.1. The number of Topliss-reactive ketones (excluding diaryl/α,β-unsaturated/α-hetero) is 1. The first-order chi connectivity index (χ1) is 12.4. The SMILES string of the molecule is CN(C)C(=N)c1ccc(-c2cc(CCC(=O)c3ccc(Cl)s3)no2)cc1. The quantitative estimate of drug-likeness (QED) is 0.376. The largest absolute Gasteiger partial charge is 0.363 e. The summed E-state index contributed by atoms with van der Waals surface area (Å²) in [6.07, 6.45) is 0.878. The molecule has 0 bridgehead atoms. The first kappa shape index (κ1) is 18.4. The highest BCUT2D eigenvalue weighted by atomic mass is 35.5. The third-order valence-electron chi connectivity index (χ3n) is 3.91. The Labute approximate surface area is 160 Å². The molecule has 0 saturated heterocycles. The van der Waals surface area contributed by atoms with Crippen molar-refractivity contribution in [2.75, 3.05) is 14.1 Å². The number of nitrogens with zero attached hydrogens (tertiary/aromatic N) is 2. The average molecular weight is 388 g/mol. The van der Waals surface area contributed by atoms with Gasteiger partial charge in [0.1, 0.15) is 5.84 Å². The number of nitrogens with one attached hydrogen (secondary N) is 1. The van der Waals surface area contributed by atoms with Gasteiger partial charge in [-0.1, -0.05) is 41.0 Å². The molecule has 0 spiro atoms. The summed E-state index contributed by atoms with van der Waals surface area (Å²) in [6, 6.07) is 12.9. The Morgan fingerprint density at radius 3 is 2.58 bits per heavy atom. The molecule has 5 nitrogen and oxygen atoms in total. The zero-order valence-electron chi connectivity index (χ0n) is 14.5. The van der Waals surface area contributed by atoms with Crippen LogP contribution in [-0.4, -0.2) is 35.8 Å². The molecule has 3 rings (SSSR count). The number of ketones is 1. The Morgan fingerprint density at radius 2 is 1.96 bits per heavy atom. The molecule has 26 heavy (non-hydrogen) atoms. The van der Waals surface area contributed by atoms with Crippen molar-refractivity contribution in [2.24, 2.45) is 0 Å². The van der Waals surface area contributed by atoms with Crippen molar-refractivity contribution in [2.45, 2.75) is 12.8 Å². The van der Waals surface area contributed by atoms with Gasteiger partial charge in [0.15, 0.2) is 11.5 Å². The van der Waals surface area contributed by atoms with E-state index < -0.39 is 0 Å². The number of hydrogen-bond acceptors (Lipinski definition) is 5. The molecule has 0 amide bonds. The van der Waals surface area contributed by atoms with Crippen LogP contribution in [0.2, 0.25) is 4.34 Å². The fourth-order valence-corrected chi connectivity index (χ4v) is 3.46. The van der Waals surface area contributed by atoms with Gasteiger partial charge in [0.2, 0.25) is 0 Å². The summed E-state index contributed by atoms with van der Waals surface area (Å²) >= 11 is 7.15. The van der Waals surface area contributed by atoms with Gasteiger partial charge in [0, 0.05) is 44.1 Å². The van der Waals surface area contributed by atoms with Crippen molar-refractivity contribution in [1.29, 1.82) is 5.41 Å². The van der Waals surface area contributed by atoms with Gasteiger partial charge in [-0.05, 0) is 12.1 Å². The molecule has 0 unspecified atom stereocenters. The van der Waals surface area contributed by atoms with E-state index in [1.807, 2.05) is 44.4 Å². The second-order valence-electron chi connectivity index (χ2n) is 6.03. The number of carbonyl (C=O) groups is 1. The normalized spacial score (nSPS) is 10.7. The third kappa shape index (κ3) is 4.20. The van der Waals surface area contributed by atoms with E-state index in [2.05, 4.69) is 5.16 Å². The Morgan fingerprint density at radius 1 is 1.23 bits per heavy atom. The maximum absolute atomic E-state index is 12.1. The molecule has 1 N–H and O–H groups in total. The number of carbonyl (C=O) groups excluding carboxylic acids is 1. The van der Waals surface area contributed by atoms with Crippen molar-refractivity contribution in [1.82, 2.24) is 10.1 Å². The minimum Gasteiger partial charge on any atom is -0.363 e. The lowest BCUT2D eigenvalue weighted by Gasteiger charge is -2.13. The van der Waals surface area contributed by atoms with Gasteiger partial charge in [-0.25, -0.2) is 0 Å². The second-order valence-corrected chi connectivity index (χ2v) is 7.74. The Kier molecular flexibility index (Phi) is 5.54. The zero-order chi connectivity index (χ0) is 18.7. The van der Waals surface area contributed by atoms with Gasteiger partial charge < -0.3 is 9.42 Å². The van der Waals surface area contributed by atoms with E-state index >= 15 is 0 Å². The summed E-state index contributed by atoms with van der Waals surface area (Å²) < 4.78 is 6.01. The Hall–Kier alpha value is -2.44. The number of hydrogen-bond donors (Lipinski definition) is 1. The van der Waals surface area contributed by atoms with Crippen LogP contribution in [0.5, 0.6) is 0 Å².